The highest BCUT2D eigenvalue weighted by atomic mass is 16.1. The molecule has 0 bridgehead atoms. The SMILES string of the molecule is O=C(NCCNC1CCCCCC1)c1cn[nH]c1. The molecule has 100 valence electrons. The van der Waals surface area contributed by atoms with Crippen molar-refractivity contribution in [1.29, 1.82) is 0 Å². The van der Waals surface area contributed by atoms with Gasteiger partial charge in [-0.05, 0) is 12.8 Å². The van der Waals surface area contributed by atoms with Crippen molar-refractivity contribution < 1.29 is 4.79 Å². The largest absolute Gasteiger partial charge is 0.351 e. The smallest absolute Gasteiger partial charge is 0.254 e. The predicted molar refractivity (Wildman–Crippen MR) is 70.4 cm³/mol. The third-order valence-electron chi connectivity index (χ3n) is 3.46. The summed E-state index contributed by atoms with van der Waals surface area (Å²) in [5.74, 6) is -0.0635. The van der Waals surface area contributed by atoms with Crippen LogP contribution in [0.4, 0.5) is 0 Å². The lowest BCUT2D eigenvalue weighted by Gasteiger charge is -2.16. The summed E-state index contributed by atoms with van der Waals surface area (Å²) in [6.45, 7) is 1.51. The number of hydrogen-bond donors (Lipinski definition) is 3. The molecular weight excluding hydrogens is 228 g/mol. The molecule has 0 aliphatic heterocycles. The Morgan fingerprint density at radius 2 is 2.06 bits per heavy atom. The maximum atomic E-state index is 11.6. The number of aromatic amines is 1. The third kappa shape index (κ3) is 4.14. The Balaban J connectivity index is 1.59. The molecular formula is C13H22N4O. The summed E-state index contributed by atoms with van der Waals surface area (Å²) in [7, 11) is 0. The first kappa shape index (κ1) is 13.1. The Labute approximate surface area is 108 Å². The van der Waals surface area contributed by atoms with Crippen LogP contribution in [0, 0.1) is 0 Å². The minimum atomic E-state index is -0.0635. The van der Waals surface area contributed by atoms with Crippen LogP contribution in [0.5, 0.6) is 0 Å². The van der Waals surface area contributed by atoms with Crippen molar-refractivity contribution in [2.24, 2.45) is 0 Å². The van der Waals surface area contributed by atoms with Crippen LogP contribution in [-0.2, 0) is 0 Å². The summed E-state index contributed by atoms with van der Waals surface area (Å²) in [5.41, 5.74) is 0.587. The van der Waals surface area contributed by atoms with E-state index in [4.69, 9.17) is 0 Å². The highest BCUT2D eigenvalue weighted by molar-refractivity contribution is 5.93. The number of aromatic nitrogens is 2. The lowest BCUT2D eigenvalue weighted by atomic mass is 10.1. The fourth-order valence-electron chi connectivity index (χ4n) is 2.41. The van der Waals surface area contributed by atoms with Gasteiger partial charge in [0.15, 0.2) is 0 Å². The number of H-pyrrole nitrogens is 1. The number of nitrogens with one attached hydrogen (secondary N) is 3. The maximum absolute atomic E-state index is 11.6. The molecule has 0 atom stereocenters. The number of carbonyl (C=O) groups excluding carboxylic acids is 1. The van der Waals surface area contributed by atoms with Gasteiger partial charge in [0.05, 0.1) is 11.8 Å². The minimum absolute atomic E-state index is 0.0635. The molecule has 1 aliphatic rings. The van der Waals surface area contributed by atoms with E-state index < -0.39 is 0 Å². The third-order valence-corrected chi connectivity index (χ3v) is 3.46. The Hall–Kier alpha value is -1.36. The van der Waals surface area contributed by atoms with Gasteiger partial charge in [-0.2, -0.15) is 5.10 Å². The van der Waals surface area contributed by atoms with E-state index in [1.807, 2.05) is 0 Å². The van der Waals surface area contributed by atoms with E-state index in [9.17, 15) is 4.79 Å². The molecule has 0 spiro atoms. The van der Waals surface area contributed by atoms with Gasteiger partial charge < -0.3 is 10.6 Å². The number of amides is 1. The fourth-order valence-corrected chi connectivity index (χ4v) is 2.41. The molecule has 1 aromatic rings. The van der Waals surface area contributed by atoms with Gasteiger partial charge in [0, 0.05) is 25.3 Å². The Bertz CT molecular complexity index is 342. The van der Waals surface area contributed by atoms with E-state index in [1.54, 1.807) is 6.20 Å². The molecule has 1 aliphatic carbocycles. The molecule has 3 N–H and O–H groups in total. The normalized spacial score (nSPS) is 17.3. The monoisotopic (exact) mass is 250 g/mol. The summed E-state index contributed by atoms with van der Waals surface area (Å²) in [4.78, 5) is 11.6. The standard InChI is InChI=1S/C13H22N4O/c18-13(11-9-16-17-10-11)15-8-7-14-12-5-3-1-2-4-6-12/h9-10,12,14H,1-8H2,(H,15,18)(H,16,17). The number of hydrogen-bond acceptors (Lipinski definition) is 3. The second-order valence-corrected chi connectivity index (χ2v) is 4.89. The Morgan fingerprint density at radius 1 is 1.28 bits per heavy atom. The lowest BCUT2D eigenvalue weighted by Crippen LogP contribution is -2.36. The first-order chi connectivity index (χ1) is 8.86. The van der Waals surface area contributed by atoms with Crippen LogP contribution in [0.1, 0.15) is 48.9 Å². The van der Waals surface area contributed by atoms with E-state index >= 15 is 0 Å². The van der Waals surface area contributed by atoms with Crippen molar-refractivity contribution in [2.45, 2.75) is 44.6 Å². The van der Waals surface area contributed by atoms with Crippen LogP contribution in [0.3, 0.4) is 0 Å². The van der Waals surface area contributed by atoms with Crippen molar-refractivity contribution >= 4 is 5.91 Å². The van der Waals surface area contributed by atoms with E-state index in [0.29, 0.717) is 18.2 Å². The molecule has 0 aromatic carbocycles. The Morgan fingerprint density at radius 3 is 2.72 bits per heavy atom. The zero-order valence-electron chi connectivity index (χ0n) is 10.7. The maximum Gasteiger partial charge on any atom is 0.254 e. The molecule has 1 amide bonds. The van der Waals surface area contributed by atoms with E-state index in [0.717, 1.165) is 6.54 Å². The number of carbonyl (C=O) groups is 1. The summed E-state index contributed by atoms with van der Waals surface area (Å²) in [5, 5.41) is 12.8. The van der Waals surface area contributed by atoms with Crippen molar-refractivity contribution in [3.8, 4) is 0 Å². The second kappa shape index (κ2) is 7.16. The number of nitrogens with zero attached hydrogens (tertiary/aromatic N) is 1. The summed E-state index contributed by atoms with van der Waals surface area (Å²) in [6.07, 6.45) is 11.1. The van der Waals surface area contributed by atoms with Crippen molar-refractivity contribution in [2.75, 3.05) is 13.1 Å². The van der Waals surface area contributed by atoms with Crippen LogP contribution < -0.4 is 10.6 Å². The summed E-state index contributed by atoms with van der Waals surface area (Å²) in [6, 6.07) is 0.637. The van der Waals surface area contributed by atoms with Crippen LogP contribution in [0.2, 0.25) is 0 Å². The molecule has 5 nitrogen and oxygen atoms in total. The zero-order chi connectivity index (χ0) is 12.6. The van der Waals surface area contributed by atoms with Gasteiger partial charge in [-0.3, -0.25) is 9.89 Å². The molecule has 1 saturated carbocycles. The van der Waals surface area contributed by atoms with Crippen molar-refractivity contribution in [3.63, 3.8) is 0 Å². The van der Waals surface area contributed by atoms with Gasteiger partial charge in [0.1, 0.15) is 0 Å². The predicted octanol–water partition coefficient (Wildman–Crippen LogP) is 1.45. The highest BCUT2D eigenvalue weighted by Crippen LogP contribution is 2.16. The average Bonchev–Trinajstić information content (AvgIpc) is 2.80. The molecule has 1 aromatic heterocycles. The van der Waals surface area contributed by atoms with Gasteiger partial charge in [0.2, 0.25) is 0 Å². The fraction of sp³-hybridized carbons (Fsp3) is 0.692. The van der Waals surface area contributed by atoms with Crippen LogP contribution >= 0.6 is 0 Å². The molecule has 5 heteroatoms. The minimum Gasteiger partial charge on any atom is -0.351 e. The van der Waals surface area contributed by atoms with E-state index in [-0.39, 0.29) is 5.91 Å². The molecule has 1 fully saturated rings. The molecule has 0 radical (unpaired) electrons. The molecule has 0 saturated heterocycles. The first-order valence-corrected chi connectivity index (χ1v) is 6.86. The van der Waals surface area contributed by atoms with E-state index in [2.05, 4.69) is 20.8 Å². The average molecular weight is 250 g/mol. The van der Waals surface area contributed by atoms with Crippen molar-refractivity contribution in [1.82, 2.24) is 20.8 Å². The van der Waals surface area contributed by atoms with E-state index in [1.165, 1.54) is 44.7 Å². The second-order valence-electron chi connectivity index (χ2n) is 4.89. The van der Waals surface area contributed by atoms with Gasteiger partial charge >= 0.3 is 0 Å². The number of rotatable bonds is 5. The van der Waals surface area contributed by atoms with Crippen LogP contribution in [0.25, 0.3) is 0 Å². The molecule has 2 rings (SSSR count). The molecule has 1 heterocycles. The first-order valence-electron chi connectivity index (χ1n) is 6.86. The molecule has 0 unspecified atom stereocenters. The van der Waals surface area contributed by atoms with Gasteiger partial charge in [-0.15, -0.1) is 0 Å². The van der Waals surface area contributed by atoms with Gasteiger partial charge in [-0.25, -0.2) is 0 Å². The highest BCUT2D eigenvalue weighted by Gasteiger charge is 2.11. The van der Waals surface area contributed by atoms with Crippen LogP contribution in [-0.4, -0.2) is 35.2 Å². The topological polar surface area (TPSA) is 69.8 Å². The zero-order valence-corrected chi connectivity index (χ0v) is 10.7. The molecule has 18 heavy (non-hydrogen) atoms. The summed E-state index contributed by atoms with van der Waals surface area (Å²) < 4.78 is 0. The quantitative estimate of drug-likeness (QED) is 0.547. The summed E-state index contributed by atoms with van der Waals surface area (Å²) >= 11 is 0. The van der Waals surface area contributed by atoms with Crippen LogP contribution in [0.15, 0.2) is 12.4 Å². The lowest BCUT2D eigenvalue weighted by molar-refractivity contribution is 0.0953. The van der Waals surface area contributed by atoms with Gasteiger partial charge in [-0.1, -0.05) is 25.7 Å². The Kier molecular flexibility index (Phi) is 5.20. The van der Waals surface area contributed by atoms with Gasteiger partial charge in [0.25, 0.3) is 5.91 Å². The van der Waals surface area contributed by atoms with Crippen molar-refractivity contribution in [3.05, 3.63) is 18.0 Å².